The largest absolute Gasteiger partial charge is 0.462 e. The number of halogens is 1. The van der Waals surface area contributed by atoms with Crippen LogP contribution in [0.4, 0.5) is 0 Å². The van der Waals surface area contributed by atoms with E-state index in [0.717, 1.165) is 19.4 Å². The number of likely N-dealkylation sites (N-methyl/N-ethyl adjacent to an activating group) is 1. The van der Waals surface area contributed by atoms with E-state index >= 15 is 0 Å². The van der Waals surface area contributed by atoms with Gasteiger partial charge in [0.1, 0.15) is 5.60 Å². The molecule has 0 radical (unpaired) electrons. The summed E-state index contributed by atoms with van der Waals surface area (Å²) in [6, 6.07) is 10.2. The van der Waals surface area contributed by atoms with Gasteiger partial charge in [0.15, 0.2) is 0 Å². The van der Waals surface area contributed by atoms with Crippen LogP contribution in [0.2, 0.25) is 0 Å². The highest BCUT2D eigenvalue weighted by molar-refractivity contribution is 5.90. The molecule has 0 spiro atoms. The molecule has 164 valence electrons. The number of hydrogen-bond acceptors (Lipinski definition) is 5. The molecule has 3 heterocycles. The zero-order valence-corrected chi connectivity index (χ0v) is 18.9. The van der Waals surface area contributed by atoms with Gasteiger partial charge in [-0.3, -0.25) is 9.88 Å². The van der Waals surface area contributed by atoms with E-state index in [2.05, 4.69) is 52.9 Å². The smallest absolute Gasteiger partial charge is 0.339 e. The van der Waals surface area contributed by atoms with Crippen molar-refractivity contribution in [1.82, 2.24) is 14.5 Å². The number of piperidine rings is 1. The summed E-state index contributed by atoms with van der Waals surface area (Å²) in [6.07, 6.45) is 7.23. The lowest BCUT2D eigenvalue weighted by molar-refractivity contribution is -0.131. The fourth-order valence-electron chi connectivity index (χ4n) is 5.59. The van der Waals surface area contributed by atoms with Crippen molar-refractivity contribution in [3.63, 3.8) is 0 Å². The van der Waals surface area contributed by atoms with E-state index in [1.807, 2.05) is 7.11 Å². The molecule has 3 atom stereocenters. The minimum atomic E-state index is -0.410. The molecule has 6 nitrogen and oxygen atoms in total. The van der Waals surface area contributed by atoms with E-state index in [9.17, 15) is 4.79 Å². The Balaban J connectivity index is 0.00000231. The molecule has 0 bridgehead atoms. The number of benzene rings is 1. The number of nitrogens with zero attached hydrogens (tertiary/aromatic N) is 3. The molecule has 3 aromatic rings. The molecule has 1 aliphatic heterocycles. The summed E-state index contributed by atoms with van der Waals surface area (Å²) in [4.78, 5) is 18.8. The molecule has 0 saturated carbocycles. The summed E-state index contributed by atoms with van der Waals surface area (Å²) in [6.45, 7) is 1.24. The van der Waals surface area contributed by atoms with E-state index < -0.39 is 5.60 Å². The van der Waals surface area contributed by atoms with Crippen molar-refractivity contribution in [1.29, 1.82) is 0 Å². The zero-order valence-electron chi connectivity index (χ0n) is 18.1. The normalized spacial score (nSPS) is 25.0. The van der Waals surface area contributed by atoms with E-state index in [1.165, 1.54) is 22.0 Å². The number of ether oxygens (including phenoxy) is 2. The summed E-state index contributed by atoms with van der Waals surface area (Å²) in [5.41, 5.74) is 3.95. The maximum absolute atomic E-state index is 12.4. The first-order valence-electron chi connectivity index (χ1n) is 10.4. The third-order valence-electron chi connectivity index (χ3n) is 6.88. The monoisotopic (exact) mass is 441 g/mol. The number of hydrogen-bond donors (Lipinski definition) is 0. The SMILES string of the molecule is CO[C@]12CC(COC(=O)c3cccnc3)CN(C)[C@@H]1Cc1cn(C)c3cccc2c13.Cl. The number of carbonyl (C=O) groups excluding carboxylic acids is 1. The lowest BCUT2D eigenvalue weighted by atomic mass is 9.69. The Morgan fingerprint density at radius 2 is 2.10 bits per heavy atom. The van der Waals surface area contributed by atoms with Crippen molar-refractivity contribution in [3.8, 4) is 0 Å². The molecule has 1 saturated heterocycles. The Morgan fingerprint density at radius 1 is 1.26 bits per heavy atom. The molecule has 1 aromatic carbocycles. The van der Waals surface area contributed by atoms with Gasteiger partial charge in [0.2, 0.25) is 0 Å². The molecule has 1 aliphatic carbocycles. The molecule has 7 heteroatoms. The van der Waals surface area contributed by atoms with Crippen molar-refractivity contribution < 1.29 is 14.3 Å². The lowest BCUT2D eigenvalue weighted by Gasteiger charge is -2.53. The Morgan fingerprint density at radius 3 is 2.84 bits per heavy atom. The first-order valence-corrected chi connectivity index (χ1v) is 10.4. The number of fused-ring (bicyclic) bond motifs is 2. The summed E-state index contributed by atoms with van der Waals surface area (Å²) in [5.74, 6) is -0.136. The second-order valence-electron chi connectivity index (χ2n) is 8.63. The molecule has 1 fully saturated rings. The minimum Gasteiger partial charge on any atom is -0.462 e. The van der Waals surface area contributed by atoms with Crippen molar-refractivity contribution in [2.45, 2.75) is 24.5 Å². The molecule has 0 amide bonds. The number of pyridine rings is 1. The van der Waals surface area contributed by atoms with Crippen LogP contribution in [0.5, 0.6) is 0 Å². The van der Waals surface area contributed by atoms with Crippen molar-refractivity contribution >= 4 is 29.3 Å². The van der Waals surface area contributed by atoms with Gasteiger partial charge in [-0.15, -0.1) is 12.4 Å². The van der Waals surface area contributed by atoms with E-state index in [-0.39, 0.29) is 30.3 Å². The van der Waals surface area contributed by atoms with E-state index in [4.69, 9.17) is 9.47 Å². The summed E-state index contributed by atoms with van der Waals surface area (Å²) >= 11 is 0. The lowest BCUT2D eigenvalue weighted by Crippen LogP contribution is -2.59. The van der Waals surface area contributed by atoms with Crippen LogP contribution in [0, 0.1) is 5.92 Å². The molecule has 5 rings (SSSR count). The van der Waals surface area contributed by atoms with Gasteiger partial charge in [-0.05, 0) is 49.2 Å². The van der Waals surface area contributed by atoms with E-state index in [0.29, 0.717) is 12.2 Å². The highest BCUT2D eigenvalue weighted by Crippen LogP contribution is 2.49. The highest BCUT2D eigenvalue weighted by Gasteiger charge is 2.51. The van der Waals surface area contributed by atoms with Crippen LogP contribution in [0.25, 0.3) is 10.9 Å². The highest BCUT2D eigenvalue weighted by atomic mass is 35.5. The quantitative estimate of drug-likeness (QED) is 0.579. The van der Waals surface area contributed by atoms with Gasteiger partial charge in [-0.25, -0.2) is 4.79 Å². The maximum atomic E-state index is 12.4. The van der Waals surface area contributed by atoms with Gasteiger partial charge in [0.25, 0.3) is 0 Å². The van der Waals surface area contributed by atoms with Gasteiger partial charge >= 0.3 is 5.97 Å². The van der Waals surface area contributed by atoms with Crippen LogP contribution in [-0.4, -0.2) is 53.8 Å². The van der Waals surface area contributed by atoms with Gasteiger partial charge in [-0.1, -0.05) is 12.1 Å². The zero-order chi connectivity index (χ0) is 20.9. The molecular weight excluding hydrogens is 414 g/mol. The fraction of sp³-hybridized carbons (Fsp3) is 0.417. The number of likely N-dealkylation sites (tertiary alicyclic amines) is 1. The Kier molecular flexibility index (Phi) is 5.81. The van der Waals surface area contributed by atoms with Gasteiger partial charge in [0, 0.05) is 62.2 Å². The van der Waals surface area contributed by atoms with Crippen molar-refractivity contribution in [3.05, 3.63) is 65.6 Å². The average molecular weight is 442 g/mol. The topological polar surface area (TPSA) is 56.6 Å². The van der Waals surface area contributed by atoms with Crippen LogP contribution in [-0.2, 0) is 28.5 Å². The van der Waals surface area contributed by atoms with Crippen LogP contribution in [0.1, 0.15) is 27.9 Å². The van der Waals surface area contributed by atoms with Gasteiger partial charge in [-0.2, -0.15) is 0 Å². The maximum Gasteiger partial charge on any atom is 0.339 e. The molecule has 2 aliphatic rings. The third-order valence-corrected chi connectivity index (χ3v) is 6.88. The first-order chi connectivity index (χ1) is 14.5. The van der Waals surface area contributed by atoms with Crippen LogP contribution in [0.15, 0.2) is 48.9 Å². The molecular formula is C24H28ClN3O3. The Bertz CT molecular complexity index is 1100. The molecule has 31 heavy (non-hydrogen) atoms. The Hall–Kier alpha value is -2.41. The number of methoxy groups -OCH3 is 1. The average Bonchev–Trinajstić information content (AvgIpc) is 3.10. The standard InChI is InChI=1S/C24H27N3O3.ClH/c1-26-14-18-10-21-24(29-3,19-7-4-8-20(26)22(18)19)11-16(13-27(21)2)15-30-23(28)17-6-5-9-25-12-17;/h4-9,12,14,16,21H,10-11,13,15H2,1-3H3;1H/t16?,21-,24+;/m1./s1. The fourth-order valence-corrected chi connectivity index (χ4v) is 5.59. The molecule has 1 unspecified atom stereocenters. The number of carbonyl (C=O) groups is 1. The number of rotatable bonds is 4. The predicted octanol–water partition coefficient (Wildman–Crippen LogP) is 3.57. The van der Waals surface area contributed by atoms with Crippen LogP contribution >= 0.6 is 12.4 Å². The van der Waals surface area contributed by atoms with Gasteiger partial charge < -0.3 is 14.0 Å². The summed E-state index contributed by atoms with van der Waals surface area (Å²) < 4.78 is 14.2. The second-order valence-corrected chi connectivity index (χ2v) is 8.63. The Labute approximate surface area is 188 Å². The summed E-state index contributed by atoms with van der Waals surface area (Å²) in [7, 11) is 6.08. The predicted molar refractivity (Wildman–Crippen MR) is 122 cm³/mol. The van der Waals surface area contributed by atoms with Crippen LogP contribution < -0.4 is 0 Å². The first kappa shape index (κ1) is 21.8. The van der Waals surface area contributed by atoms with Crippen LogP contribution in [0.3, 0.4) is 0 Å². The van der Waals surface area contributed by atoms with Crippen molar-refractivity contribution in [2.24, 2.45) is 13.0 Å². The number of aromatic nitrogens is 2. The van der Waals surface area contributed by atoms with E-state index in [1.54, 1.807) is 24.5 Å². The summed E-state index contributed by atoms with van der Waals surface area (Å²) in [5, 5.41) is 1.32. The van der Waals surface area contributed by atoms with Gasteiger partial charge in [0.05, 0.1) is 12.2 Å². The van der Waals surface area contributed by atoms with Crippen molar-refractivity contribution in [2.75, 3.05) is 27.3 Å². The third kappa shape index (κ3) is 3.43. The molecule has 0 N–H and O–H groups in total. The molecule has 2 aromatic heterocycles. The number of aryl methyl sites for hydroxylation is 1. The minimum absolute atomic E-state index is 0. The second kappa shape index (κ2) is 8.26. The number of esters is 1.